The van der Waals surface area contributed by atoms with Gasteiger partial charge in [-0.3, -0.25) is 4.79 Å². The number of aldehydes is 1. The second-order valence-electron chi connectivity index (χ2n) is 3.70. The highest BCUT2D eigenvalue weighted by atomic mass is 19.4. The van der Waals surface area contributed by atoms with E-state index >= 15 is 0 Å². The average molecular weight is 255 g/mol. The number of halogens is 3. The van der Waals surface area contributed by atoms with Crippen LogP contribution in [0.15, 0.2) is 28.8 Å². The summed E-state index contributed by atoms with van der Waals surface area (Å²) in [7, 11) is 0. The molecule has 2 rings (SSSR count). The quantitative estimate of drug-likeness (QED) is 0.771. The van der Waals surface area contributed by atoms with Crippen LogP contribution in [0.2, 0.25) is 0 Å². The lowest BCUT2D eigenvalue weighted by atomic mass is 10.1. The van der Waals surface area contributed by atoms with Gasteiger partial charge in [-0.25, -0.2) is 0 Å². The van der Waals surface area contributed by atoms with Crippen LogP contribution in [-0.4, -0.2) is 11.4 Å². The lowest BCUT2D eigenvalue weighted by molar-refractivity contribution is -0.137. The molecule has 0 spiro atoms. The summed E-state index contributed by atoms with van der Waals surface area (Å²) in [4.78, 5) is 10.8. The number of carbonyl (C=O) groups is 1. The van der Waals surface area contributed by atoms with Crippen LogP contribution in [0, 0.1) is 6.92 Å². The molecule has 0 atom stereocenters. The van der Waals surface area contributed by atoms with E-state index in [9.17, 15) is 18.0 Å². The van der Waals surface area contributed by atoms with Gasteiger partial charge >= 0.3 is 6.18 Å². The topological polar surface area (TPSA) is 43.1 Å². The lowest BCUT2D eigenvalue weighted by Crippen LogP contribution is -2.04. The van der Waals surface area contributed by atoms with Crippen LogP contribution in [0.1, 0.15) is 21.6 Å². The molecule has 1 heterocycles. The fourth-order valence-corrected chi connectivity index (χ4v) is 1.53. The van der Waals surface area contributed by atoms with Gasteiger partial charge in [-0.1, -0.05) is 17.3 Å². The van der Waals surface area contributed by atoms with Crippen LogP contribution < -0.4 is 0 Å². The van der Waals surface area contributed by atoms with Gasteiger partial charge in [-0.05, 0) is 19.1 Å². The predicted octanol–water partition coefficient (Wildman–Crippen LogP) is 3.48. The first-order chi connectivity index (χ1) is 8.43. The summed E-state index contributed by atoms with van der Waals surface area (Å²) in [5, 5.41) is 3.61. The maximum Gasteiger partial charge on any atom is 0.416 e. The van der Waals surface area contributed by atoms with Crippen LogP contribution in [0.3, 0.4) is 0 Å². The van der Waals surface area contributed by atoms with Gasteiger partial charge in [0, 0.05) is 5.56 Å². The number of benzene rings is 1. The zero-order chi connectivity index (χ0) is 13.3. The number of hydrogen-bond donors (Lipinski definition) is 0. The molecule has 0 amide bonds. The van der Waals surface area contributed by atoms with E-state index in [2.05, 4.69) is 5.16 Å². The largest absolute Gasteiger partial charge is 0.416 e. The average Bonchev–Trinajstić information content (AvgIpc) is 2.69. The maximum absolute atomic E-state index is 12.4. The van der Waals surface area contributed by atoms with Crippen molar-refractivity contribution in [3.05, 3.63) is 41.1 Å². The Kier molecular flexibility index (Phi) is 2.94. The first-order valence-corrected chi connectivity index (χ1v) is 5.02. The van der Waals surface area contributed by atoms with Crippen molar-refractivity contribution in [1.82, 2.24) is 5.16 Å². The Balaban J connectivity index is 2.43. The second kappa shape index (κ2) is 4.29. The maximum atomic E-state index is 12.4. The molecule has 0 aliphatic carbocycles. The fraction of sp³-hybridized carbons (Fsp3) is 0.167. The van der Waals surface area contributed by atoms with Crippen LogP contribution in [-0.2, 0) is 6.18 Å². The Morgan fingerprint density at radius 1 is 1.22 bits per heavy atom. The molecule has 0 bridgehead atoms. The van der Waals surface area contributed by atoms with E-state index in [0.29, 0.717) is 17.5 Å². The minimum atomic E-state index is -4.39. The highest BCUT2D eigenvalue weighted by molar-refractivity contribution is 5.86. The molecule has 0 saturated heterocycles. The molecule has 0 aliphatic rings. The first-order valence-electron chi connectivity index (χ1n) is 5.02. The van der Waals surface area contributed by atoms with E-state index in [4.69, 9.17) is 4.52 Å². The Labute approximate surface area is 100 Å². The first kappa shape index (κ1) is 12.3. The van der Waals surface area contributed by atoms with E-state index in [0.717, 1.165) is 12.1 Å². The molecule has 94 valence electrons. The highest BCUT2D eigenvalue weighted by Crippen LogP contribution is 2.32. The van der Waals surface area contributed by atoms with Crippen molar-refractivity contribution in [2.75, 3.05) is 0 Å². The molecule has 3 nitrogen and oxygen atoms in total. The molecule has 0 aliphatic heterocycles. The SMILES string of the molecule is Cc1noc(-c2ccc(C(F)(F)F)cc2)c1C=O. The van der Waals surface area contributed by atoms with Crippen molar-refractivity contribution in [2.24, 2.45) is 0 Å². The van der Waals surface area contributed by atoms with Crippen LogP contribution in [0.5, 0.6) is 0 Å². The summed E-state index contributed by atoms with van der Waals surface area (Å²) in [6, 6.07) is 4.36. The summed E-state index contributed by atoms with van der Waals surface area (Å²) >= 11 is 0. The molecular formula is C12H8F3NO2. The van der Waals surface area contributed by atoms with Crippen molar-refractivity contribution in [1.29, 1.82) is 0 Å². The minimum absolute atomic E-state index is 0.177. The van der Waals surface area contributed by atoms with Gasteiger partial charge in [0.1, 0.15) is 0 Å². The third-order valence-electron chi connectivity index (χ3n) is 2.50. The summed E-state index contributed by atoms with van der Waals surface area (Å²) in [6.45, 7) is 1.58. The van der Waals surface area contributed by atoms with Gasteiger partial charge in [0.05, 0.1) is 16.8 Å². The molecule has 0 N–H and O–H groups in total. The Morgan fingerprint density at radius 2 is 1.83 bits per heavy atom. The van der Waals surface area contributed by atoms with E-state index < -0.39 is 11.7 Å². The molecule has 0 fully saturated rings. The predicted molar refractivity (Wildman–Crippen MR) is 57.1 cm³/mol. The van der Waals surface area contributed by atoms with E-state index in [-0.39, 0.29) is 11.3 Å². The second-order valence-corrected chi connectivity index (χ2v) is 3.70. The van der Waals surface area contributed by atoms with Crippen LogP contribution in [0.25, 0.3) is 11.3 Å². The van der Waals surface area contributed by atoms with Gasteiger partial charge in [-0.15, -0.1) is 0 Å². The number of carbonyl (C=O) groups excluding carboxylic acids is 1. The van der Waals surface area contributed by atoms with Crippen LogP contribution in [0.4, 0.5) is 13.2 Å². The molecule has 18 heavy (non-hydrogen) atoms. The van der Waals surface area contributed by atoms with Crippen LogP contribution >= 0.6 is 0 Å². The standard InChI is InChI=1S/C12H8F3NO2/c1-7-10(6-17)11(18-16-7)8-2-4-9(5-3-8)12(13,14)15/h2-6H,1H3. The Morgan fingerprint density at radius 3 is 2.33 bits per heavy atom. The number of hydrogen-bond acceptors (Lipinski definition) is 3. The van der Waals surface area contributed by atoms with Crippen molar-refractivity contribution in [2.45, 2.75) is 13.1 Å². The fourth-order valence-electron chi connectivity index (χ4n) is 1.53. The molecule has 0 radical (unpaired) electrons. The van der Waals surface area contributed by atoms with Gasteiger partial charge < -0.3 is 4.52 Å². The summed E-state index contributed by atoms with van der Waals surface area (Å²) in [6.07, 6.45) is -3.82. The van der Waals surface area contributed by atoms with Crippen molar-refractivity contribution < 1.29 is 22.5 Å². The molecular weight excluding hydrogens is 247 g/mol. The summed E-state index contributed by atoms with van der Waals surface area (Å²) in [5.41, 5.74) is 0.274. The molecule has 0 unspecified atom stereocenters. The monoisotopic (exact) mass is 255 g/mol. The van der Waals surface area contributed by atoms with Gasteiger partial charge in [0.2, 0.25) is 0 Å². The molecule has 1 aromatic carbocycles. The zero-order valence-corrected chi connectivity index (χ0v) is 9.28. The third-order valence-corrected chi connectivity index (χ3v) is 2.50. The zero-order valence-electron chi connectivity index (χ0n) is 9.28. The highest BCUT2D eigenvalue weighted by Gasteiger charge is 2.30. The summed E-state index contributed by atoms with van der Waals surface area (Å²) in [5.74, 6) is 0.177. The molecule has 6 heteroatoms. The van der Waals surface area contributed by atoms with Crippen molar-refractivity contribution in [3.63, 3.8) is 0 Å². The van der Waals surface area contributed by atoms with Crippen molar-refractivity contribution in [3.8, 4) is 11.3 Å². The summed E-state index contributed by atoms with van der Waals surface area (Å²) < 4.78 is 42.1. The number of alkyl halides is 3. The van der Waals surface area contributed by atoms with Crippen molar-refractivity contribution >= 4 is 6.29 Å². The van der Waals surface area contributed by atoms with Gasteiger partial charge in [-0.2, -0.15) is 13.2 Å². The number of rotatable bonds is 2. The van der Waals surface area contributed by atoms with Gasteiger partial charge in [0.25, 0.3) is 0 Å². The number of nitrogens with zero attached hydrogens (tertiary/aromatic N) is 1. The van der Waals surface area contributed by atoms with E-state index in [1.54, 1.807) is 6.92 Å². The lowest BCUT2D eigenvalue weighted by Gasteiger charge is -2.06. The minimum Gasteiger partial charge on any atom is -0.355 e. The number of aryl methyl sites for hydroxylation is 1. The molecule has 0 saturated carbocycles. The molecule has 1 aromatic heterocycles. The number of aromatic nitrogens is 1. The molecule has 2 aromatic rings. The Bertz CT molecular complexity index is 570. The smallest absolute Gasteiger partial charge is 0.355 e. The third kappa shape index (κ3) is 2.13. The normalized spacial score (nSPS) is 11.6. The Hall–Kier alpha value is -2.11. The van der Waals surface area contributed by atoms with E-state index in [1.165, 1.54) is 12.1 Å². The van der Waals surface area contributed by atoms with Gasteiger partial charge in [0.15, 0.2) is 12.0 Å². The van der Waals surface area contributed by atoms with E-state index in [1.807, 2.05) is 0 Å².